The molecule has 1 saturated heterocycles. The molecular weight excluding hydrogens is 261 g/mol. The zero-order valence-corrected chi connectivity index (χ0v) is 11.3. The fourth-order valence-electron chi connectivity index (χ4n) is 2.34. The van der Waals surface area contributed by atoms with Crippen LogP contribution in [0, 0.1) is 11.7 Å². The average Bonchev–Trinajstić information content (AvgIpc) is 2.48. The van der Waals surface area contributed by atoms with Crippen molar-refractivity contribution in [2.75, 3.05) is 19.8 Å². The molecular formula is C15H20FNO3. The number of nitrogens with one attached hydrogen (secondary N) is 1. The highest BCUT2D eigenvalue weighted by atomic mass is 19.1. The molecule has 4 nitrogen and oxygen atoms in total. The van der Waals surface area contributed by atoms with E-state index in [0.29, 0.717) is 13.2 Å². The van der Waals surface area contributed by atoms with Crippen LogP contribution >= 0.6 is 0 Å². The van der Waals surface area contributed by atoms with Gasteiger partial charge >= 0.3 is 0 Å². The molecule has 20 heavy (non-hydrogen) atoms. The van der Waals surface area contributed by atoms with Crippen molar-refractivity contribution < 1.29 is 19.0 Å². The average molecular weight is 281 g/mol. The molecule has 1 fully saturated rings. The predicted molar refractivity (Wildman–Crippen MR) is 72.7 cm³/mol. The standard InChI is InChI=1S/C15H20FNO3/c16-13-3-1-11(2-4-13)9-15(19)17-10-14(18)12-5-7-20-8-6-12/h1-4,12,14,18H,5-10H2,(H,17,19). The van der Waals surface area contributed by atoms with Crippen molar-refractivity contribution in [1.29, 1.82) is 0 Å². The van der Waals surface area contributed by atoms with Crippen LogP contribution in [0.3, 0.4) is 0 Å². The first-order valence-corrected chi connectivity index (χ1v) is 6.92. The molecule has 1 amide bonds. The lowest BCUT2D eigenvalue weighted by molar-refractivity contribution is -0.121. The zero-order chi connectivity index (χ0) is 14.4. The monoisotopic (exact) mass is 281 g/mol. The van der Waals surface area contributed by atoms with Crippen LogP contribution in [-0.2, 0) is 16.0 Å². The molecule has 0 spiro atoms. The molecule has 1 aliphatic heterocycles. The van der Waals surface area contributed by atoms with Gasteiger partial charge in [0.1, 0.15) is 5.82 Å². The Labute approximate surface area is 117 Å². The van der Waals surface area contributed by atoms with Crippen LogP contribution in [0.5, 0.6) is 0 Å². The second kappa shape index (κ2) is 7.36. The number of aliphatic hydroxyl groups excluding tert-OH is 1. The van der Waals surface area contributed by atoms with E-state index in [-0.39, 0.29) is 30.6 Å². The first-order valence-electron chi connectivity index (χ1n) is 6.92. The number of amides is 1. The number of aliphatic hydroxyl groups is 1. The summed E-state index contributed by atoms with van der Waals surface area (Å²) in [6, 6.07) is 5.84. The van der Waals surface area contributed by atoms with Gasteiger partial charge in [-0.3, -0.25) is 4.79 Å². The van der Waals surface area contributed by atoms with Crippen molar-refractivity contribution in [3.63, 3.8) is 0 Å². The van der Waals surface area contributed by atoms with Crippen LogP contribution in [0.15, 0.2) is 24.3 Å². The Morgan fingerprint density at radius 1 is 1.35 bits per heavy atom. The summed E-state index contributed by atoms with van der Waals surface area (Å²) < 4.78 is 18.0. The van der Waals surface area contributed by atoms with Crippen molar-refractivity contribution >= 4 is 5.91 Å². The van der Waals surface area contributed by atoms with E-state index in [2.05, 4.69) is 5.32 Å². The minimum absolute atomic E-state index is 0.164. The van der Waals surface area contributed by atoms with Crippen LogP contribution in [-0.4, -0.2) is 36.9 Å². The molecule has 110 valence electrons. The molecule has 1 aliphatic rings. The van der Waals surface area contributed by atoms with E-state index in [9.17, 15) is 14.3 Å². The van der Waals surface area contributed by atoms with Gasteiger partial charge < -0.3 is 15.2 Å². The number of carbonyl (C=O) groups excluding carboxylic acids is 1. The van der Waals surface area contributed by atoms with Gasteiger partial charge in [0.15, 0.2) is 0 Å². The number of carbonyl (C=O) groups is 1. The molecule has 5 heteroatoms. The minimum Gasteiger partial charge on any atom is -0.391 e. The number of benzene rings is 1. The summed E-state index contributed by atoms with van der Waals surface area (Å²) in [5.74, 6) is -0.290. The quantitative estimate of drug-likeness (QED) is 0.854. The normalized spacial score (nSPS) is 17.7. The van der Waals surface area contributed by atoms with Crippen molar-refractivity contribution in [2.45, 2.75) is 25.4 Å². The van der Waals surface area contributed by atoms with Crippen LogP contribution in [0.1, 0.15) is 18.4 Å². The largest absolute Gasteiger partial charge is 0.391 e. The number of hydrogen-bond acceptors (Lipinski definition) is 3. The van der Waals surface area contributed by atoms with Gasteiger partial charge in [0.25, 0.3) is 0 Å². The number of rotatable bonds is 5. The highest BCUT2D eigenvalue weighted by Gasteiger charge is 2.22. The number of halogens is 1. The van der Waals surface area contributed by atoms with Crippen LogP contribution in [0.2, 0.25) is 0 Å². The molecule has 0 aliphatic carbocycles. The lowest BCUT2D eigenvalue weighted by Gasteiger charge is -2.26. The molecule has 0 bridgehead atoms. The molecule has 0 aromatic heterocycles. The molecule has 0 radical (unpaired) electrons. The summed E-state index contributed by atoms with van der Waals surface area (Å²) in [5.41, 5.74) is 0.754. The first kappa shape index (κ1) is 14.9. The molecule has 1 unspecified atom stereocenters. The highest BCUT2D eigenvalue weighted by molar-refractivity contribution is 5.78. The maximum Gasteiger partial charge on any atom is 0.224 e. The van der Waals surface area contributed by atoms with Gasteiger partial charge in [0.05, 0.1) is 12.5 Å². The topological polar surface area (TPSA) is 58.6 Å². The fraction of sp³-hybridized carbons (Fsp3) is 0.533. The Kier molecular flexibility index (Phi) is 5.49. The van der Waals surface area contributed by atoms with E-state index < -0.39 is 6.10 Å². The van der Waals surface area contributed by atoms with Crippen LogP contribution in [0.25, 0.3) is 0 Å². The fourth-order valence-corrected chi connectivity index (χ4v) is 2.34. The van der Waals surface area contributed by atoms with Gasteiger partial charge in [-0.05, 0) is 36.5 Å². The summed E-state index contributed by atoms with van der Waals surface area (Å²) in [6.07, 6.45) is 1.32. The van der Waals surface area contributed by atoms with Crippen molar-refractivity contribution in [2.24, 2.45) is 5.92 Å². The summed E-state index contributed by atoms with van der Waals surface area (Å²) in [6.45, 7) is 1.60. The van der Waals surface area contributed by atoms with E-state index in [1.807, 2.05) is 0 Å². The van der Waals surface area contributed by atoms with E-state index in [1.165, 1.54) is 12.1 Å². The zero-order valence-electron chi connectivity index (χ0n) is 11.3. The summed E-state index contributed by atoms with van der Waals surface area (Å²) in [4.78, 5) is 11.7. The Morgan fingerprint density at radius 2 is 2.00 bits per heavy atom. The van der Waals surface area contributed by atoms with Gasteiger partial charge in [-0.2, -0.15) is 0 Å². The third-order valence-corrected chi connectivity index (χ3v) is 3.60. The highest BCUT2D eigenvalue weighted by Crippen LogP contribution is 2.18. The number of ether oxygens (including phenoxy) is 1. The second-order valence-corrected chi connectivity index (χ2v) is 5.12. The number of hydrogen-bond donors (Lipinski definition) is 2. The van der Waals surface area contributed by atoms with Gasteiger partial charge in [0.2, 0.25) is 5.91 Å². The molecule has 2 N–H and O–H groups in total. The minimum atomic E-state index is -0.531. The summed E-state index contributed by atoms with van der Waals surface area (Å²) >= 11 is 0. The second-order valence-electron chi connectivity index (χ2n) is 5.12. The van der Waals surface area contributed by atoms with Gasteiger partial charge in [-0.25, -0.2) is 4.39 Å². The Balaban J connectivity index is 1.72. The van der Waals surface area contributed by atoms with E-state index >= 15 is 0 Å². The Morgan fingerprint density at radius 3 is 2.65 bits per heavy atom. The van der Waals surface area contributed by atoms with Gasteiger partial charge in [-0.1, -0.05) is 12.1 Å². The molecule has 1 aromatic rings. The van der Waals surface area contributed by atoms with Crippen molar-refractivity contribution in [1.82, 2.24) is 5.32 Å². The van der Waals surface area contributed by atoms with E-state index in [4.69, 9.17) is 4.74 Å². The van der Waals surface area contributed by atoms with Crippen LogP contribution in [0.4, 0.5) is 4.39 Å². The van der Waals surface area contributed by atoms with Crippen LogP contribution < -0.4 is 5.32 Å². The van der Waals surface area contributed by atoms with Gasteiger partial charge in [-0.15, -0.1) is 0 Å². The third-order valence-electron chi connectivity index (χ3n) is 3.60. The molecule has 2 rings (SSSR count). The smallest absolute Gasteiger partial charge is 0.224 e. The predicted octanol–water partition coefficient (Wildman–Crippen LogP) is 1.27. The van der Waals surface area contributed by atoms with Crippen molar-refractivity contribution in [3.05, 3.63) is 35.6 Å². The molecule has 1 heterocycles. The Hall–Kier alpha value is -1.46. The van der Waals surface area contributed by atoms with E-state index in [0.717, 1.165) is 18.4 Å². The molecule has 0 saturated carbocycles. The van der Waals surface area contributed by atoms with Crippen molar-refractivity contribution in [3.8, 4) is 0 Å². The summed E-state index contributed by atoms with van der Waals surface area (Å²) in [7, 11) is 0. The SMILES string of the molecule is O=C(Cc1ccc(F)cc1)NCC(O)C1CCOCC1. The maximum atomic E-state index is 12.7. The van der Waals surface area contributed by atoms with Gasteiger partial charge in [0, 0.05) is 19.8 Å². The molecule has 1 aromatic carbocycles. The van der Waals surface area contributed by atoms with E-state index in [1.54, 1.807) is 12.1 Å². The molecule has 1 atom stereocenters. The lowest BCUT2D eigenvalue weighted by atomic mass is 9.94. The lowest BCUT2D eigenvalue weighted by Crippen LogP contribution is -2.38. The first-order chi connectivity index (χ1) is 9.65. The maximum absolute atomic E-state index is 12.7. The Bertz CT molecular complexity index is 429. The summed E-state index contributed by atoms with van der Waals surface area (Å²) in [5, 5.41) is 12.7. The third kappa shape index (κ3) is 4.58.